The van der Waals surface area contributed by atoms with Crippen molar-refractivity contribution in [1.82, 2.24) is 9.88 Å². The zero-order valence-electron chi connectivity index (χ0n) is 11.1. The Bertz CT molecular complexity index is 452. The highest BCUT2D eigenvalue weighted by atomic mass is 16.5. The Labute approximate surface area is 112 Å². The first kappa shape index (κ1) is 13.8. The molecule has 0 saturated carbocycles. The predicted octanol–water partition coefficient (Wildman–Crippen LogP) is 0.622. The van der Waals surface area contributed by atoms with Crippen LogP contribution in [0.25, 0.3) is 0 Å². The molecule has 19 heavy (non-hydrogen) atoms. The van der Waals surface area contributed by atoms with Crippen LogP contribution in [0.3, 0.4) is 0 Å². The summed E-state index contributed by atoms with van der Waals surface area (Å²) in [4.78, 5) is 17.3. The van der Waals surface area contributed by atoms with E-state index in [4.69, 9.17) is 14.6 Å². The molecule has 1 aliphatic heterocycles. The van der Waals surface area contributed by atoms with Gasteiger partial charge in [-0.05, 0) is 13.1 Å². The molecule has 1 aromatic rings. The van der Waals surface area contributed by atoms with Crippen molar-refractivity contribution in [3.8, 4) is 5.88 Å². The van der Waals surface area contributed by atoms with E-state index in [0.717, 1.165) is 5.56 Å². The lowest BCUT2D eigenvalue weighted by atomic mass is 10.0. The Morgan fingerprint density at radius 2 is 2.42 bits per heavy atom. The van der Waals surface area contributed by atoms with E-state index in [0.29, 0.717) is 19.0 Å². The standard InChI is InChI=1S/C13H18N2O4/c1-15(11-8-19-7-10(11)13(16)17)6-9-4-3-5-14-12(9)18-2/h3-5,10-11H,6-8H2,1-2H3,(H,16,17). The highest BCUT2D eigenvalue weighted by Crippen LogP contribution is 2.23. The molecule has 1 aromatic heterocycles. The third kappa shape index (κ3) is 3.02. The molecule has 0 radical (unpaired) electrons. The second-order valence-electron chi connectivity index (χ2n) is 4.64. The van der Waals surface area contributed by atoms with E-state index in [1.807, 2.05) is 24.1 Å². The summed E-state index contributed by atoms with van der Waals surface area (Å²) in [6.45, 7) is 1.29. The van der Waals surface area contributed by atoms with Crippen LogP contribution in [-0.4, -0.2) is 54.4 Å². The van der Waals surface area contributed by atoms with Gasteiger partial charge >= 0.3 is 5.97 Å². The van der Waals surface area contributed by atoms with Gasteiger partial charge in [0.15, 0.2) is 0 Å². The summed E-state index contributed by atoms with van der Waals surface area (Å²) in [6.07, 6.45) is 1.67. The van der Waals surface area contributed by atoms with Crippen LogP contribution >= 0.6 is 0 Å². The summed E-state index contributed by atoms with van der Waals surface area (Å²) in [5.74, 6) is -0.722. The molecule has 2 heterocycles. The maximum atomic E-state index is 11.1. The number of rotatable bonds is 5. The van der Waals surface area contributed by atoms with Crippen LogP contribution in [0, 0.1) is 5.92 Å². The molecule has 1 fully saturated rings. The normalized spacial score (nSPS) is 22.7. The van der Waals surface area contributed by atoms with Gasteiger partial charge in [0, 0.05) is 24.3 Å². The number of aliphatic carboxylic acids is 1. The minimum absolute atomic E-state index is 0.123. The Hall–Kier alpha value is -1.66. The molecule has 2 unspecified atom stereocenters. The van der Waals surface area contributed by atoms with E-state index in [-0.39, 0.29) is 12.6 Å². The van der Waals surface area contributed by atoms with Crippen molar-refractivity contribution in [1.29, 1.82) is 0 Å². The van der Waals surface area contributed by atoms with E-state index in [1.165, 1.54) is 0 Å². The van der Waals surface area contributed by atoms with Gasteiger partial charge in [0.25, 0.3) is 0 Å². The second kappa shape index (κ2) is 5.99. The first-order valence-electron chi connectivity index (χ1n) is 6.12. The van der Waals surface area contributed by atoms with Crippen molar-refractivity contribution in [3.05, 3.63) is 23.9 Å². The number of carboxylic acid groups (broad SMARTS) is 1. The number of aromatic nitrogens is 1. The van der Waals surface area contributed by atoms with Gasteiger partial charge in [-0.25, -0.2) is 4.98 Å². The Morgan fingerprint density at radius 1 is 1.63 bits per heavy atom. The third-order valence-corrected chi connectivity index (χ3v) is 3.40. The average Bonchev–Trinajstić information content (AvgIpc) is 2.88. The van der Waals surface area contributed by atoms with Crippen LogP contribution in [0.1, 0.15) is 5.56 Å². The third-order valence-electron chi connectivity index (χ3n) is 3.40. The van der Waals surface area contributed by atoms with Gasteiger partial charge in [0.2, 0.25) is 5.88 Å². The lowest BCUT2D eigenvalue weighted by Gasteiger charge is -2.26. The maximum absolute atomic E-state index is 11.1. The van der Waals surface area contributed by atoms with Crippen LogP contribution in [0.5, 0.6) is 5.88 Å². The molecule has 104 valence electrons. The maximum Gasteiger partial charge on any atom is 0.310 e. The van der Waals surface area contributed by atoms with E-state index < -0.39 is 11.9 Å². The minimum atomic E-state index is -0.812. The predicted molar refractivity (Wildman–Crippen MR) is 68.0 cm³/mol. The second-order valence-corrected chi connectivity index (χ2v) is 4.64. The molecule has 2 rings (SSSR count). The Morgan fingerprint density at radius 3 is 3.11 bits per heavy atom. The van der Waals surface area contributed by atoms with E-state index >= 15 is 0 Å². The highest BCUT2D eigenvalue weighted by Gasteiger charge is 2.36. The molecule has 0 spiro atoms. The zero-order chi connectivity index (χ0) is 13.8. The molecular weight excluding hydrogens is 248 g/mol. The van der Waals surface area contributed by atoms with Crippen LogP contribution in [-0.2, 0) is 16.1 Å². The average molecular weight is 266 g/mol. The molecule has 0 bridgehead atoms. The number of likely N-dealkylation sites (N-methyl/N-ethyl adjacent to an activating group) is 1. The van der Waals surface area contributed by atoms with E-state index in [1.54, 1.807) is 13.3 Å². The minimum Gasteiger partial charge on any atom is -0.481 e. The van der Waals surface area contributed by atoms with Gasteiger partial charge in [-0.3, -0.25) is 9.69 Å². The lowest BCUT2D eigenvalue weighted by molar-refractivity contribution is -0.143. The number of nitrogens with zero attached hydrogens (tertiary/aromatic N) is 2. The molecule has 0 aromatic carbocycles. The van der Waals surface area contributed by atoms with Crippen LogP contribution in [0.2, 0.25) is 0 Å². The lowest BCUT2D eigenvalue weighted by Crippen LogP contribution is -2.40. The quantitative estimate of drug-likeness (QED) is 0.842. The Balaban J connectivity index is 2.08. The van der Waals surface area contributed by atoms with Gasteiger partial charge in [-0.2, -0.15) is 0 Å². The molecule has 1 N–H and O–H groups in total. The van der Waals surface area contributed by atoms with Crippen molar-refractivity contribution in [2.75, 3.05) is 27.4 Å². The molecule has 1 saturated heterocycles. The van der Waals surface area contributed by atoms with Crippen LogP contribution < -0.4 is 4.74 Å². The van der Waals surface area contributed by atoms with Gasteiger partial charge in [0.05, 0.1) is 26.2 Å². The summed E-state index contributed by atoms with van der Waals surface area (Å²) < 4.78 is 10.5. The summed E-state index contributed by atoms with van der Waals surface area (Å²) in [5.41, 5.74) is 0.934. The molecule has 6 heteroatoms. The smallest absolute Gasteiger partial charge is 0.310 e. The molecule has 0 amide bonds. The summed E-state index contributed by atoms with van der Waals surface area (Å²) >= 11 is 0. The monoisotopic (exact) mass is 266 g/mol. The summed E-state index contributed by atoms with van der Waals surface area (Å²) in [7, 11) is 3.46. The Kier molecular flexibility index (Phi) is 4.34. The molecular formula is C13H18N2O4. The van der Waals surface area contributed by atoms with Crippen molar-refractivity contribution in [3.63, 3.8) is 0 Å². The van der Waals surface area contributed by atoms with Crippen molar-refractivity contribution in [2.45, 2.75) is 12.6 Å². The topological polar surface area (TPSA) is 71.9 Å². The largest absolute Gasteiger partial charge is 0.481 e. The number of hydrogen-bond acceptors (Lipinski definition) is 5. The summed E-state index contributed by atoms with van der Waals surface area (Å²) in [6, 6.07) is 3.64. The van der Waals surface area contributed by atoms with Crippen LogP contribution in [0.15, 0.2) is 18.3 Å². The fraction of sp³-hybridized carbons (Fsp3) is 0.538. The van der Waals surface area contributed by atoms with Gasteiger partial charge in [-0.1, -0.05) is 6.07 Å². The van der Waals surface area contributed by atoms with Gasteiger partial charge < -0.3 is 14.6 Å². The number of ether oxygens (including phenoxy) is 2. The molecule has 6 nitrogen and oxygen atoms in total. The zero-order valence-corrected chi connectivity index (χ0v) is 11.1. The fourth-order valence-electron chi connectivity index (χ4n) is 2.33. The fourth-order valence-corrected chi connectivity index (χ4v) is 2.33. The first-order chi connectivity index (χ1) is 9.13. The van der Waals surface area contributed by atoms with E-state index in [9.17, 15) is 4.79 Å². The molecule has 2 atom stereocenters. The van der Waals surface area contributed by atoms with Crippen molar-refractivity contribution >= 4 is 5.97 Å². The van der Waals surface area contributed by atoms with Crippen molar-refractivity contribution < 1.29 is 19.4 Å². The number of pyridine rings is 1. The van der Waals surface area contributed by atoms with Crippen molar-refractivity contribution in [2.24, 2.45) is 5.92 Å². The number of carboxylic acids is 1. The number of carbonyl (C=O) groups is 1. The highest BCUT2D eigenvalue weighted by molar-refractivity contribution is 5.71. The molecule has 0 aliphatic carbocycles. The number of hydrogen-bond donors (Lipinski definition) is 1. The first-order valence-corrected chi connectivity index (χ1v) is 6.12. The number of methoxy groups -OCH3 is 1. The van der Waals surface area contributed by atoms with E-state index in [2.05, 4.69) is 4.98 Å². The van der Waals surface area contributed by atoms with Gasteiger partial charge in [-0.15, -0.1) is 0 Å². The van der Waals surface area contributed by atoms with Crippen LogP contribution in [0.4, 0.5) is 0 Å². The molecule has 1 aliphatic rings. The summed E-state index contributed by atoms with van der Waals surface area (Å²) in [5, 5.41) is 9.16. The van der Waals surface area contributed by atoms with Gasteiger partial charge in [0.1, 0.15) is 0 Å². The SMILES string of the molecule is COc1ncccc1CN(C)C1COCC1C(=O)O.